The second kappa shape index (κ2) is 9.37. The van der Waals surface area contributed by atoms with Crippen molar-refractivity contribution in [2.24, 2.45) is 0 Å². The Morgan fingerprint density at radius 2 is 2.03 bits per heavy atom. The number of carboxylic acid groups (broad SMARTS) is 1. The molecule has 1 unspecified atom stereocenters. The van der Waals surface area contributed by atoms with Crippen molar-refractivity contribution in [1.29, 1.82) is 0 Å². The van der Waals surface area contributed by atoms with Gasteiger partial charge in [0.2, 0.25) is 0 Å². The van der Waals surface area contributed by atoms with Gasteiger partial charge in [0.15, 0.2) is 0 Å². The fourth-order valence-electron chi connectivity index (χ4n) is 2.33. The van der Waals surface area contributed by atoms with Gasteiger partial charge in [-0.15, -0.1) is 0 Å². The van der Waals surface area contributed by atoms with E-state index < -0.39 is 28.6 Å². The molecule has 9 nitrogen and oxygen atoms in total. The normalized spacial score (nSPS) is 12.1. The van der Waals surface area contributed by atoms with E-state index in [0.29, 0.717) is 15.5 Å². The minimum absolute atomic E-state index is 0.161. The van der Waals surface area contributed by atoms with Gasteiger partial charge in [-0.1, -0.05) is 17.8 Å². The van der Waals surface area contributed by atoms with Crippen LogP contribution in [0.5, 0.6) is 0 Å². The number of nitro benzene ring substituents is 1. The van der Waals surface area contributed by atoms with Crippen LogP contribution in [0.3, 0.4) is 0 Å². The maximum absolute atomic E-state index is 12.0. The summed E-state index contributed by atoms with van der Waals surface area (Å²) >= 11 is 1.25. The largest absolute Gasteiger partial charge is 0.480 e. The summed E-state index contributed by atoms with van der Waals surface area (Å²) in [5.74, 6) is -1.28. The lowest BCUT2D eigenvalue weighted by molar-refractivity contribution is -0.385. The van der Waals surface area contributed by atoms with Gasteiger partial charge in [0.25, 0.3) is 5.69 Å². The second-order valence-electron chi connectivity index (χ2n) is 7.06. The number of carbonyl (C=O) groups excluding carboxylic acids is 1. The van der Waals surface area contributed by atoms with Crippen LogP contribution in [-0.4, -0.2) is 38.7 Å². The van der Waals surface area contributed by atoms with Crippen molar-refractivity contribution in [1.82, 2.24) is 10.3 Å². The quantitative estimate of drug-likeness (QED) is 0.513. The van der Waals surface area contributed by atoms with Gasteiger partial charge in [0, 0.05) is 29.6 Å². The Hall–Kier alpha value is -3.14. The molecule has 2 N–H and O–H groups in total. The zero-order valence-corrected chi connectivity index (χ0v) is 16.9. The third-order valence-corrected chi connectivity index (χ3v) is 4.59. The number of nitro groups is 1. The van der Waals surface area contributed by atoms with Gasteiger partial charge in [0.05, 0.1) is 4.92 Å². The number of carboxylic acids is 1. The molecule has 10 heteroatoms. The number of carbonyl (C=O) groups is 2. The number of pyridine rings is 1. The van der Waals surface area contributed by atoms with E-state index in [4.69, 9.17) is 4.74 Å². The summed E-state index contributed by atoms with van der Waals surface area (Å²) < 4.78 is 5.11. The highest BCUT2D eigenvalue weighted by Gasteiger charge is 2.26. The summed E-state index contributed by atoms with van der Waals surface area (Å²) in [5, 5.41) is 23.6. The highest BCUT2D eigenvalue weighted by atomic mass is 32.2. The van der Waals surface area contributed by atoms with Crippen molar-refractivity contribution >= 4 is 29.5 Å². The van der Waals surface area contributed by atoms with Crippen LogP contribution in [-0.2, 0) is 16.0 Å². The number of alkyl carbamates (subject to hydrolysis) is 1. The molecule has 1 amide bonds. The van der Waals surface area contributed by atoms with Crippen LogP contribution in [0.4, 0.5) is 10.5 Å². The van der Waals surface area contributed by atoms with E-state index in [2.05, 4.69) is 10.3 Å². The number of ether oxygens (including phenoxy) is 1. The third kappa shape index (κ3) is 7.07. The molecule has 1 atom stereocenters. The molecule has 29 heavy (non-hydrogen) atoms. The Labute approximate surface area is 171 Å². The predicted octanol–water partition coefficient (Wildman–Crippen LogP) is 3.66. The van der Waals surface area contributed by atoms with E-state index >= 15 is 0 Å². The molecular formula is C19H21N3O6S. The molecule has 0 fully saturated rings. The lowest BCUT2D eigenvalue weighted by Crippen LogP contribution is -2.44. The zero-order valence-electron chi connectivity index (χ0n) is 16.1. The van der Waals surface area contributed by atoms with Crippen LogP contribution in [0.25, 0.3) is 0 Å². The molecule has 0 aliphatic carbocycles. The number of non-ortho nitro benzene ring substituents is 1. The van der Waals surface area contributed by atoms with Crippen LogP contribution in [0, 0.1) is 10.1 Å². The molecule has 1 aromatic carbocycles. The molecule has 0 radical (unpaired) electrons. The lowest BCUT2D eigenvalue weighted by Gasteiger charge is -2.22. The van der Waals surface area contributed by atoms with Crippen molar-refractivity contribution in [3.8, 4) is 0 Å². The van der Waals surface area contributed by atoms with E-state index in [0.717, 1.165) is 0 Å². The van der Waals surface area contributed by atoms with E-state index in [-0.39, 0.29) is 12.1 Å². The number of aromatic nitrogens is 1. The molecule has 2 rings (SSSR count). The van der Waals surface area contributed by atoms with Gasteiger partial charge >= 0.3 is 12.1 Å². The smallest absolute Gasteiger partial charge is 0.408 e. The zero-order chi connectivity index (χ0) is 21.6. The van der Waals surface area contributed by atoms with Gasteiger partial charge in [-0.2, -0.15) is 0 Å². The first-order chi connectivity index (χ1) is 13.5. The Morgan fingerprint density at radius 1 is 1.31 bits per heavy atom. The number of rotatable bonds is 7. The number of benzene rings is 1. The highest BCUT2D eigenvalue weighted by Crippen LogP contribution is 2.32. The number of nitrogens with one attached hydrogen (secondary N) is 1. The molecule has 0 spiro atoms. The average molecular weight is 419 g/mol. The maximum Gasteiger partial charge on any atom is 0.408 e. The molecule has 1 heterocycles. The number of hydrogen-bond donors (Lipinski definition) is 2. The molecule has 0 aliphatic heterocycles. The van der Waals surface area contributed by atoms with Crippen molar-refractivity contribution in [2.45, 2.75) is 48.8 Å². The van der Waals surface area contributed by atoms with Gasteiger partial charge in [-0.3, -0.25) is 10.1 Å². The standard InChI is InChI=1S/C19H21N3O6S/c1-19(2,3)28-18(25)21-14(17(23)24)11-12-10-13(22(26)27)7-8-15(12)29-16-6-4-5-9-20-16/h4-10,14H,11H2,1-3H3,(H,21,25)(H,23,24). The molecule has 154 valence electrons. The van der Waals surface area contributed by atoms with Crippen molar-refractivity contribution in [3.05, 3.63) is 58.3 Å². The van der Waals surface area contributed by atoms with Crippen LogP contribution < -0.4 is 5.32 Å². The topological polar surface area (TPSA) is 132 Å². The second-order valence-corrected chi connectivity index (χ2v) is 8.12. The van der Waals surface area contributed by atoms with Gasteiger partial charge in [0.1, 0.15) is 16.7 Å². The van der Waals surface area contributed by atoms with E-state index in [9.17, 15) is 24.8 Å². The highest BCUT2D eigenvalue weighted by molar-refractivity contribution is 7.99. The summed E-state index contributed by atoms with van der Waals surface area (Å²) in [7, 11) is 0. The van der Waals surface area contributed by atoms with Crippen LogP contribution in [0.15, 0.2) is 52.5 Å². The summed E-state index contributed by atoms with van der Waals surface area (Å²) in [5.41, 5.74) is -0.566. The Balaban J connectivity index is 2.30. The summed E-state index contributed by atoms with van der Waals surface area (Å²) in [4.78, 5) is 39.1. The number of nitrogens with zero attached hydrogens (tertiary/aromatic N) is 2. The Kier molecular flexibility index (Phi) is 7.16. The Bertz CT molecular complexity index is 899. The van der Waals surface area contributed by atoms with Crippen LogP contribution in [0.1, 0.15) is 26.3 Å². The molecule has 1 aromatic heterocycles. The first kappa shape index (κ1) is 22.2. The van der Waals surface area contributed by atoms with Crippen LogP contribution in [0.2, 0.25) is 0 Å². The minimum Gasteiger partial charge on any atom is -0.480 e. The van der Waals surface area contributed by atoms with Gasteiger partial charge in [-0.25, -0.2) is 14.6 Å². The molecular weight excluding hydrogens is 398 g/mol. The first-order valence-electron chi connectivity index (χ1n) is 8.63. The third-order valence-electron chi connectivity index (χ3n) is 3.52. The monoisotopic (exact) mass is 419 g/mol. The number of hydrogen-bond acceptors (Lipinski definition) is 7. The lowest BCUT2D eigenvalue weighted by atomic mass is 10.1. The van der Waals surface area contributed by atoms with Gasteiger partial charge in [-0.05, 0) is 44.5 Å². The SMILES string of the molecule is CC(C)(C)OC(=O)NC(Cc1cc([N+](=O)[O-])ccc1Sc1ccccn1)C(=O)O. The maximum atomic E-state index is 12.0. The average Bonchev–Trinajstić information content (AvgIpc) is 2.61. The predicted molar refractivity (Wildman–Crippen MR) is 106 cm³/mol. The fraction of sp³-hybridized carbons (Fsp3) is 0.316. The van der Waals surface area contributed by atoms with E-state index in [1.54, 1.807) is 51.2 Å². The van der Waals surface area contributed by atoms with Crippen molar-refractivity contribution < 1.29 is 24.4 Å². The molecule has 0 bridgehead atoms. The van der Waals surface area contributed by atoms with Gasteiger partial charge < -0.3 is 15.2 Å². The molecule has 0 saturated carbocycles. The Morgan fingerprint density at radius 3 is 2.59 bits per heavy atom. The summed E-state index contributed by atoms with van der Waals surface area (Å²) in [6.07, 6.45) is 0.567. The minimum atomic E-state index is -1.32. The van der Waals surface area contributed by atoms with E-state index in [1.165, 1.54) is 23.9 Å². The molecule has 2 aromatic rings. The summed E-state index contributed by atoms with van der Waals surface area (Å²) in [6, 6.07) is 8.18. The molecule has 0 saturated heterocycles. The summed E-state index contributed by atoms with van der Waals surface area (Å²) in [6.45, 7) is 4.97. The van der Waals surface area contributed by atoms with Crippen molar-refractivity contribution in [2.75, 3.05) is 0 Å². The number of aliphatic carboxylic acids is 1. The van der Waals surface area contributed by atoms with Crippen molar-refractivity contribution in [3.63, 3.8) is 0 Å². The number of amides is 1. The van der Waals surface area contributed by atoms with Crippen LogP contribution >= 0.6 is 11.8 Å². The fourth-order valence-corrected chi connectivity index (χ4v) is 3.22. The molecule has 0 aliphatic rings. The van der Waals surface area contributed by atoms with E-state index in [1.807, 2.05) is 0 Å². The first-order valence-corrected chi connectivity index (χ1v) is 9.45.